The molecular weight excluding hydrogens is 346 g/mol. The highest BCUT2D eigenvalue weighted by molar-refractivity contribution is 6.29. The van der Waals surface area contributed by atoms with E-state index in [0.717, 1.165) is 22.6 Å². The van der Waals surface area contributed by atoms with E-state index in [0.29, 0.717) is 18.4 Å². The Balaban J connectivity index is 1.58. The van der Waals surface area contributed by atoms with Crippen LogP contribution in [0.2, 0.25) is 5.15 Å². The monoisotopic (exact) mass is 367 g/mol. The number of halogens is 1. The van der Waals surface area contributed by atoms with Gasteiger partial charge in [0, 0.05) is 11.6 Å². The minimum atomic E-state index is -0.143. The van der Waals surface area contributed by atoms with Crippen LogP contribution in [0.4, 0.5) is 0 Å². The second-order valence-corrected chi connectivity index (χ2v) is 7.20. The van der Waals surface area contributed by atoms with Crippen LogP contribution in [0, 0.1) is 0 Å². The molecule has 0 saturated heterocycles. The van der Waals surface area contributed by atoms with Crippen molar-refractivity contribution >= 4 is 11.6 Å². The van der Waals surface area contributed by atoms with E-state index in [1.807, 2.05) is 66.7 Å². The van der Waals surface area contributed by atoms with Gasteiger partial charge in [0.15, 0.2) is 0 Å². The van der Waals surface area contributed by atoms with Crippen LogP contribution in [0.15, 0.2) is 72.9 Å². The van der Waals surface area contributed by atoms with Gasteiger partial charge in [0.05, 0.1) is 13.2 Å². The quantitative estimate of drug-likeness (QED) is 0.478. The molecule has 26 heavy (non-hydrogen) atoms. The SMILES string of the molecule is CC(C)(COCc1cccc(Oc2ccccc2)c1)c1ccc(Cl)nc1. The number of hydrogen-bond donors (Lipinski definition) is 0. The van der Waals surface area contributed by atoms with Crippen molar-refractivity contribution in [3.63, 3.8) is 0 Å². The summed E-state index contributed by atoms with van der Waals surface area (Å²) in [5.74, 6) is 1.63. The molecule has 0 fully saturated rings. The topological polar surface area (TPSA) is 31.4 Å². The zero-order chi connectivity index (χ0) is 18.4. The van der Waals surface area contributed by atoms with E-state index in [4.69, 9.17) is 21.1 Å². The van der Waals surface area contributed by atoms with Crippen LogP contribution >= 0.6 is 11.6 Å². The van der Waals surface area contributed by atoms with Gasteiger partial charge >= 0.3 is 0 Å². The van der Waals surface area contributed by atoms with E-state index >= 15 is 0 Å². The molecule has 0 unspecified atom stereocenters. The first-order chi connectivity index (χ1) is 12.5. The van der Waals surface area contributed by atoms with Crippen LogP contribution in [-0.2, 0) is 16.8 Å². The van der Waals surface area contributed by atoms with Crippen molar-refractivity contribution in [3.8, 4) is 11.5 Å². The molecule has 1 heterocycles. The van der Waals surface area contributed by atoms with Gasteiger partial charge in [0.1, 0.15) is 16.7 Å². The lowest BCUT2D eigenvalue weighted by Gasteiger charge is -2.24. The van der Waals surface area contributed by atoms with Crippen molar-refractivity contribution in [2.75, 3.05) is 6.61 Å². The highest BCUT2D eigenvalue weighted by Gasteiger charge is 2.21. The maximum atomic E-state index is 5.96. The Labute approximate surface area is 159 Å². The normalized spacial score (nSPS) is 11.3. The summed E-state index contributed by atoms with van der Waals surface area (Å²) in [6.45, 7) is 5.37. The van der Waals surface area contributed by atoms with Gasteiger partial charge < -0.3 is 9.47 Å². The molecule has 3 rings (SSSR count). The molecule has 1 aromatic heterocycles. The van der Waals surface area contributed by atoms with E-state index < -0.39 is 0 Å². The van der Waals surface area contributed by atoms with E-state index in [1.165, 1.54) is 0 Å². The number of aromatic nitrogens is 1. The summed E-state index contributed by atoms with van der Waals surface area (Å²) in [5.41, 5.74) is 2.03. The predicted molar refractivity (Wildman–Crippen MR) is 105 cm³/mol. The van der Waals surface area contributed by atoms with Crippen molar-refractivity contribution in [2.24, 2.45) is 0 Å². The molecule has 0 aliphatic rings. The Kier molecular flexibility index (Phi) is 5.92. The number of ether oxygens (including phenoxy) is 2. The highest BCUT2D eigenvalue weighted by Crippen LogP contribution is 2.25. The zero-order valence-electron chi connectivity index (χ0n) is 15.0. The minimum Gasteiger partial charge on any atom is -0.457 e. The van der Waals surface area contributed by atoms with E-state index in [9.17, 15) is 0 Å². The first kappa shape index (κ1) is 18.4. The fourth-order valence-corrected chi connectivity index (χ4v) is 2.72. The van der Waals surface area contributed by atoms with Crippen LogP contribution in [0.5, 0.6) is 11.5 Å². The molecule has 0 aliphatic carbocycles. The maximum Gasteiger partial charge on any atom is 0.129 e. The van der Waals surface area contributed by atoms with Crippen molar-refractivity contribution in [3.05, 3.63) is 89.2 Å². The lowest BCUT2D eigenvalue weighted by atomic mass is 9.87. The van der Waals surface area contributed by atoms with E-state index in [-0.39, 0.29) is 5.41 Å². The Morgan fingerprint density at radius 2 is 1.69 bits per heavy atom. The second kappa shape index (κ2) is 8.35. The Bertz CT molecular complexity index is 832. The van der Waals surface area contributed by atoms with Crippen molar-refractivity contribution in [1.29, 1.82) is 0 Å². The van der Waals surface area contributed by atoms with Crippen molar-refractivity contribution in [1.82, 2.24) is 4.98 Å². The third-order valence-corrected chi connectivity index (χ3v) is 4.34. The number of rotatable bonds is 7. The largest absolute Gasteiger partial charge is 0.457 e. The smallest absolute Gasteiger partial charge is 0.129 e. The van der Waals surface area contributed by atoms with Crippen LogP contribution in [0.3, 0.4) is 0 Å². The molecular formula is C22H22ClNO2. The molecule has 0 saturated carbocycles. The highest BCUT2D eigenvalue weighted by atomic mass is 35.5. The molecule has 0 radical (unpaired) electrons. The molecule has 0 aliphatic heterocycles. The molecule has 3 aromatic rings. The number of hydrogen-bond acceptors (Lipinski definition) is 3. The Morgan fingerprint density at radius 1 is 0.923 bits per heavy atom. The first-order valence-electron chi connectivity index (χ1n) is 8.54. The van der Waals surface area contributed by atoms with E-state index in [1.54, 1.807) is 6.20 Å². The number of para-hydroxylation sites is 1. The summed E-state index contributed by atoms with van der Waals surface area (Å²) in [7, 11) is 0. The standard InChI is InChI=1S/C22H22ClNO2/c1-22(2,18-11-12-21(23)24-14-18)16-25-15-17-7-6-10-20(13-17)26-19-8-4-3-5-9-19/h3-14H,15-16H2,1-2H3. The van der Waals surface area contributed by atoms with Crippen molar-refractivity contribution in [2.45, 2.75) is 25.9 Å². The predicted octanol–water partition coefficient (Wildman–Crippen LogP) is 6.02. The van der Waals surface area contributed by atoms with Gasteiger partial charge in [-0.2, -0.15) is 0 Å². The molecule has 4 heteroatoms. The number of pyridine rings is 1. The lowest BCUT2D eigenvalue weighted by molar-refractivity contribution is 0.0823. The zero-order valence-corrected chi connectivity index (χ0v) is 15.7. The molecule has 0 bridgehead atoms. The fourth-order valence-electron chi connectivity index (χ4n) is 2.61. The molecule has 0 atom stereocenters. The van der Waals surface area contributed by atoms with Crippen LogP contribution in [0.1, 0.15) is 25.0 Å². The lowest BCUT2D eigenvalue weighted by Crippen LogP contribution is -2.24. The molecule has 0 spiro atoms. The van der Waals surface area contributed by atoms with Gasteiger partial charge in [0.2, 0.25) is 0 Å². The van der Waals surface area contributed by atoms with Gasteiger partial charge in [-0.1, -0.05) is 61.8 Å². The summed E-state index contributed by atoms with van der Waals surface area (Å²) in [6, 6.07) is 21.5. The van der Waals surface area contributed by atoms with Crippen LogP contribution in [-0.4, -0.2) is 11.6 Å². The molecule has 3 nitrogen and oxygen atoms in total. The van der Waals surface area contributed by atoms with Gasteiger partial charge in [-0.15, -0.1) is 0 Å². The molecule has 0 amide bonds. The molecule has 0 N–H and O–H groups in total. The maximum absolute atomic E-state index is 5.96. The average molecular weight is 368 g/mol. The average Bonchev–Trinajstić information content (AvgIpc) is 2.63. The molecule has 134 valence electrons. The third-order valence-electron chi connectivity index (χ3n) is 4.12. The van der Waals surface area contributed by atoms with Gasteiger partial charge in [-0.25, -0.2) is 4.98 Å². The summed E-state index contributed by atoms with van der Waals surface area (Å²) >= 11 is 5.86. The van der Waals surface area contributed by atoms with Gasteiger partial charge in [-0.3, -0.25) is 0 Å². The summed E-state index contributed by atoms with van der Waals surface area (Å²) in [6.07, 6.45) is 1.81. The minimum absolute atomic E-state index is 0.143. The Morgan fingerprint density at radius 3 is 2.42 bits per heavy atom. The fraction of sp³-hybridized carbons (Fsp3) is 0.227. The second-order valence-electron chi connectivity index (χ2n) is 6.81. The third kappa shape index (κ3) is 5.07. The summed E-state index contributed by atoms with van der Waals surface area (Å²) in [5, 5.41) is 0.501. The summed E-state index contributed by atoms with van der Waals surface area (Å²) < 4.78 is 11.8. The van der Waals surface area contributed by atoms with E-state index in [2.05, 4.69) is 18.8 Å². The number of nitrogens with zero attached hydrogens (tertiary/aromatic N) is 1. The molecule has 2 aromatic carbocycles. The Hall–Kier alpha value is -2.36. The van der Waals surface area contributed by atoms with Gasteiger partial charge in [0.25, 0.3) is 0 Å². The first-order valence-corrected chi connectivity index (χ1v) is 8.92. The van der Waals surface area contributed by atoms with Crippen molar-refractivity contribution < 1.29 is 9.47 Å². The number of benzene rings is 2. The van der Waals surface area contributed by atoms with Gasteiger partial charge in [-0.05, 0) is 41.5 Å². The van der Waals surface area contributed by atoms with Crippen LogP contribution < -0.4 is 4.74 Å². The summed E-state index contributed by atoms with van der Waals surface area (Å²) in [4.78, 5) is 4.16. The van der Waals surface area contributed by atoms with Crippen LogP contribution in [0.25, 0.3) is 0 Å².